The van der Waals surface area contributed by atoms with E-state index in [1.54, 1.807) is 0 Å². The molecule has 2 aromatic rings. The average Bonchev–Trinajstić information content (AvgIpc) is 2.66. The van der Waals surface area contributed by atoms with Gasteiger partial charge in [0.15, 0.2) is 0 Å². The van der Waals surface area contributed by atoms with Crippen LogP contribution in [0, 0.1) is 13.1 Å². The SMILES string of the molecule is C=CC1CCC(c2ccc(-c3ccc(OCC)c(I)c3I)cc2)CC1. The summed E-state index contributed by atoms with van der Waals surface area (Å²) in [7, 11) is 0. The van der Waals surface area contributed by atoms with Gasteiger partial charge in [-0.25, -0.2) is 0 Å². The van der Waals surface area contributed by atoms with E-state index in [4.69, 9.17) is 4.74 Å². The van der Waals surface area contributed by atoms with Gasteiger partial charge in [0, 0.05) is 3.57 Å². The Hall–Kier alpha value is -0.560. The Morgan fingerprint density at radius 1 is 1.00 bits per heavy atom. The zero-order valence-electron chi connectivity index (χ0n) is 14.6. The van der Waals surface area contributed by atoms with Gasteiger partial charge in [0.25, 0.3) is 0 Å². The van der Waals surface area contributed by atoms with Crippen molar-refractivity contribution in [3.8, 4) is 16.9 Å². The summed E-state index contributed by atoms with van der Waals surface area (Å²) in [5.74, 6) is 2.42. The van der Waals surface area contributed by atoms with Gasteiger partial charge in [-0.05, 0) is 118 Å². The quantitative estimate of drug-likeness (QED) is 0.274. The van der Waals surface area contributed by atoms with Crippen LogP contribution in [0.5, 0.6) is 5.75 Å². The summed E-state index contributed by atoms with van der Waals surface area (Å²) in [6.07, 6.45) is 7.27. The molecule has 0 spiro atoms. The van der Waals surface area contributed by atoms with Gasteiger partial charge in [0.05, 0.1) is 10.2 Å². The summed E-state index contributed by atoms with van der Waals surface area (Å²) in [6, 6.07) is 13.5. The number of halogens is 2. The Morgan fingerprint density at radius 2 is 1.68 bits per heavy atom. The number of benzene rings is 2. The standard InChI is InChI=1S/C22H24I2O/c1-3-15-5-7-16(8-6-15)17-9-11-18(12-10-17)19-13-14-20(25-4-2)22(24)21(19)23/h3,9-16H,1,4-8H2,2H3. The van der Waals surface area contributed by atoms with Crippen molar-refractivity contribution in [2.75, 3.05) is 6.61 Å². The van der Waals surface area contributed by atoms with E-state index >= 15 is 0 Å². The van der Waals surface area contributed by atoms with Gasteiger partial charge in [-0.15, -0.1) is 6.58 Å². The van der Waals surface area contributed by atoms with Gasteiger partial charge in [0.2, 0.25) is 0 Å². The predicted molar refractivity (Wildman–Crippen MR) is 123 cm³/mol. The minimum Gasteiger partial charge on any atom is -0.493 e. The number of hydrogen-bond acceptors (Lipinski definition) is 1. The molecule has 0 aromatic heterocycles. The van der Waals surface area contributed by atoms with E-state index in [1.807, 2.05) is 6.92 Å². The van der Waals surface area contributed by atoms with E-state index in [9.17, 15) is 0 Å². The molecule has 0 bridgehead atoms. The fraction of sp³-hybridized carbons (Fsp3) is 0.364. The maximum atomic E-state index is 5.71. The van der Waals surface area contributed by atoms with Crippen molar-refractivity contribution in [2.24, 2.45) is 5.92 Å². The summed E-state index contributed by atoms with van der Waals surface area (Å²) in [5.41, 5.74) is 4.06. The molecule has 1 fully saturated rings. The Morgan fingerprint density at radius 3 is 2.28 bits per heavy atom. The third-order valence-electron chi connectivity index (χ3n) is 5.14. The molecule has 1 nitrogen and oxygen atoms in total. The van der Waals surface area contributed by atoms with Gasteiger partial charge < -0.3 is 4.74 Å². The first-order valence-electron chi connectivity index (χ1n) is 8.97. The zero-order valence-corrected chi connectivity index (χ0v) is 18.9. The Balaban J connectivity index is 1.79. The fourth-order valence-corrected chi connectivity index (χ4v) is 5.03. The van der Waals surface area contributed by atoms with Crippen molar-refractivity contribution in [1.29, 1.82) is 0 Å². The lowest BCUT2D eigenvalue weighted by molar-refractivity contribution is 0.337. The first kappa shape index (κ1) is 19.2. The molecule has 25 heavy (non-hydrogen) atoms. The predicted octanol–water partition coefficient (Wildman–Crippen LogP) is 7.42. The first-order valence-corrected chi connectivity index (χ1v) is 11.1. The highest BCUT2D eigenvalue weighted by atomic mass is 127. The number of ether oxygens (including phenoxy) is 1. The van der Waals surface area contributed by atoms with Gasteiger partial charge in [-0.1, -0.05) is 30.3 Å². The van der Waals surface area contributed by atoms with Crippen LogP contribution in [0.15, 0.2) is 49.1 Å². The minimum absolute atomic E-state index is 0.703. The smallest absolute Gasteiger partial charge is 0.133 e. The second-order valence-corrected chi connectivity index (χ2v) is 8.80. The van der Waals surface area contributed by atoms with Crippen LogP contribution in [0.4, 0.5) is 0 Å². The van der Waals surface area contributed by atoms with E-state index in [0.29, 0.717) is 12.5 Å². The van der Waals surface area contributed by atoms with Crippen molar-refractivity contribution < 1.29 is 4.74 Å². The van der Waals surface area contributed by atoms with Crippen LogP contribution in [0.2, 0.25) is 0 Å². The van der Waals surface area contributed by atoms with Crippen LogP contribution in [0.1, 0.15) is 44.1 Å². The second-order valence-electron chi connectivity index (χ2n) is 6.64. The molecule has 3 rings (SSSR count). The van der Waals surface area contributed by atoms with E-state index in [1.165, 1.54) is 49.5 Å². The number of allylic oxidation sites excluding steroid dienone is 1. The highest BCUT2D eigenvalue weighted by Gasteiger charge is 2.20. The summed E-state index contributed by atoms with van der Waals surface area (Å²) in [5, 5.41) is 0. The molecule has 0 unspecified atom stereocenters. The maximum absolute atomic E-state index is 5.71. The molecule has 2 aromatic carbocycles. The third-order valence-corrected chi connectivity index (χ3v) is 8.37. The van der Waals surface area contributed by atoms with Crippen molar-refractivity contribution >= 4 is 45.2 Å². The van der Waals surface area contributed by atoms with Crippen molar-refractivity contribution in [3.63, 3.8) is 0 Å². The Bertz CT molecular complexity index is 728. The van der Waals surface area contributed by atoms with E-state index in [2.05, 4.69) is 94.2 Å². The van der Waals surface area contributed by atoms with Gasteiger partial charge in [-0.3, -0.25) is 0 Å². The summed E-state index contributed by atoms with van der Waals surface area (Å²) < 4.78 is 8.17. The van der Waals surface area contributed by atoms with Gasteiger partial charge >= 0.3 is 0 Å². The Labute approximate surface area is 178 Å². The largest absolute Gasteiger partial charge is 0.493 e. The molecule has 1 saturated carbocycles. The molecule has 1 aliphatic rings. The molecule has 1 aliphatic carbocycles. The monoisotopic (exact) mass is 558 g/mol. The normalized spacial score (nSPS) is 20.3. The topological polar surface area (TPSA) is 9.23 Å². The third kappa shape index (κ3) is 4.41. The molecule has 0 amide bonds. The van der Waals surface area contributed by atoms with Crippen LogP contribution in [-0.4, -0.2) is 6.61 Å². The molecule has 0 aliphatic heterocycles. The lowest BCUT2D eigenvalue weighted by Gasteiger charge is -2.27. The molecule has 132 valence electrons. The summed E-state index contributed by atoms with van der Waals surface area (Å²) in [4.78, 5) is 0. The number of hydrogen-bond donors (Lipinski definition) is 0. The van der Waals surface area contributed by atoms with Gasteiger partial charge in [0.1, 0.15) is 5.75 Å². The first-order chi connectivity index (χ1) is 12.1. The van der Waals surface area contributed by atoms with Crippen LogP contribution < -0.4 is 4.74 Å². The van der Waals surface area contributed by atoms with Crippen molar-refractivity contribution in [3.05, 3.63) is 61.8 Å². The van der Waals surface area contributed by atoms with Crippen LogP contribution in [0.25, 0.3) is 11.1 Å². The molecule has 0 atom stereocenters. The fourth-order valence-electron chi connectivity index (χ4n) is 3.64. The van der Waals surface area contributed by atoms with E-state index in [0.717, 1.165) is 11.7 Å². The highest BCUT2D eigenvalue weighted by molar-refractivity contribution is 14.1. The lowest BCUT2D eigenvalue weighted by atomic mass is 9.78. The molecule has 3 heteroatoms. The second kappa shape index (κ2) is 8.89. The zero-order chi connectivity index (χ0) is 17.8. The van der Waals surface area contributed by atoms with Crippen molar-refractivity contribution in [1.82, 2.24) is 0 Å². The highest BCUT2D eigenvalue weighted by Crippen LogP contribution is 2.38. The van der Waals surface area contributed by atoms with Crippen LogP contribution in [-0.2, 0) is 0 Å². The molecular formula is C22H24I2O. The summed E-state index contributed by atoms with van der Waals surface area (Å²) in [6.45, 7) is 6.68. The van der Waals surface area contributed by atoms with Crippen LogP contribution >= 0.6 is 45.2 Å². The molecule has 0 radical (unpaired) electrons. The van der Waals surface area contributed by atoms with E-state index < -0.39 is 0 Å². The molecule has 0 N–H and O–H groups in total. The molecular weight excluding hydrogens is 534 g/mol. The molecule has 0 heterocycles. The van der Waals surface area contributed by atoms with Crippen LogP contribution in [0.3, 0.4) is 0 Å². The minimum atomic E-state index is 0.703. The van der Waals surface area contributed by atoms with Gasteiger partial charge in [-0.2, -0.15) is 0 Å². The maximum Gasteiger partial charge on any atom is 0.133 e. The lowest BCUT2D eigenvalue weighted by Crippen LogP contribution is -2.11. The van der Waals surface area contributed by atoms with Crippen molar-refractivity contribution in [2.45, 2.75) is 38.5 Å². The number of rotatable bonds is 5. The Kier molecular flexibility index (Phi) is 6.83. The molecule has 0 saturated heterocycles. The van der Waals surface area contributed by atoms with E-state index in [-0.39, 0.29) is 0 Å². The summed E-state index contributed by atoms with van der Waals surface area (Å²) >= 11 is 4.82. The average molecular weight is 558 g/mol.